The Bertz CT molecular complexity index is 599. The second-order valence-electron chi connectivity index (χ2n) is 7.94. The van der Waals surface area contributed by atoms with E-state index in [1.165, 1.54) is 6.20 Å². The van der Waals surface area contributed by atoms with Gasteiger partial charge in [-0.05, 0) is 58.8 Å². The lowest BCUT2D eigenvalue weighted by Crippen LogP contribution is -2.33. The fourth-order valence-corrected chi connectivity index (χ4v) is 3.28. The van der Waals surface area contributed by atoms with E-state index in [1.807, 2.05) is 6.92 Å². The molecule has 0 saturated heterocycles. The summed E-state index contributed by atoms with van der Waals surface area (Å²) in [5, 5.41) is 13.6. The number of anilines is 1. The zero-order chi connectivity index (χ0) is 18.0. The number of nitrogens with two attached hydrogens (primary N) is 1. The number of nitrogens with zero attached hydrogens (tertiary/aromatic N) is 2. The van der Waals surface area contributed by atoms with Crippen molar-refractivity contribution in [2.45, 2.75) is 77.4 Å². The molecule has 1 aliphatic carbocycles. The summed E-state index contributed by atoms with van der Waals surface area (Å²) in [6.07, 6.45) is 6.64. The van der Waals surface area contributed by atoms with Gasteiger partial charge in [0.25, 0.3) is 5.91 Å². The Morgan fingerprint density at radius 3 is 2.83 bits per heavy atom. The Morgan fingerprint density at radius 1 is 1.54 bits per heavy atom. The first-order valence-electron chi connectivity index (χ1n) is 8.78. The Kier molecular flexibility index (Phi) is 5.48. The summed E-state index contributed by atoms with van der Waals surface area (Å²) < 4.78 is 0. The molecule has 1 heterocycles. The van der Waals surface area contributed by atoms with Crippen LogP contribution in [-0.2, 0) is 6.42 Å². The van der Waals surface area contributed by atoms with Gasteiger partial charge in [-0.1, -0.05) is 13.3 Å². The third kappa shape index (κ3) is 4.90. The van der Waals surface area contributed by atoms with Crippen LogP contribution in [0.15, 0.2) is 6.20 Å². The standard InChI is InChI=1S/C18H30N4O2/c1-5-17(2,3)22-16-20-11-13(15(19)23)14(21-16)9-12-7-6-8-18(4,24)10-12/h11-12,24H,5-10H2,1-4H3,(H2,19,23)(H,20,21,22)/t12-,18-/m0/s1. The minimum atomic E-state index is -0.631. The van der Waals surface area contributed by atoms with Crippen LogP contribution in [0.3, 0.4) is 0 Å². The average molecular weight is 334 g/mol. The van der Waals surface area contributed by atoms with Gasteiger partial charge in [0.15, 0.2) is 0 Å². The van der Waals surface area contributed by atoms with Gasteiger partial charge in [0.2, 0.25) is 5.95 Å². The number of hydrogen-bond donors (Lipinski definition) is 3. The number of primary amides is 1. The lowest BCUT2D eigenvalue weighted by atomic mass is 9.77. The van der Waals surface area contributed by atoms with Crippen LogP contribution in [0.5, 0.6) is 0 Å². The van der Waals surface area contributed by atoms with Crippen molar-refractivity contribution in [2.24, 2.45) is 11.7 Å². The third-order valence-electron chi connectivity index (χ3n) is 5.01. The largest absolute Gasteiger partial charge is 0.390 e. The zero-order valence-electron chi connectivity index (χ0n) is 15.2. The number of hydrogen-bond acceptors (Lipinski definition) is 5. The topological polar surface area (TPSA) is 101 Å². The van der Waals surface area contributed by atoms with Gasteiger partial charge >= 0.3 is 0 Å². The Labute approximate surface area is 144 Å². The molecular formula is C18H30N4O2. The lowest BCUT2D eigenvalue weighted by molar-refractivity contribution is 0.00107. The van der Waals surface area contributed by atoms with Gasteiger partial charge in [-0.2, -0.15) is 0 Å². The molecule has 24 heavy (non-hydrogen) atoms. The van der Waals surface area contributed by atoms with E-state index in [1.54, 1.807) is 0 Å². The Balaban J connectivity index is 2.23. The van der Waals surface area contributed by atoms with E-state index in [-0.39, 0.29) is 5.54 Å². The molecule has 0 aliphatic heterocycles. The molecule has 1 fully saturated rings. The first-order chi connectivity index (χ1) is 11.1. The highest BCUT2D eigenvalue weighted by atomic mass is 16.3. The summed E-state index contributed by atoms with van der Waals surface area (Å²) in [6.45, 7) is 8.13. The number of carbonyl (C=O) groups excluding carboxylic acids is 1. The molecule has 1 amide bonds. The Morgan fingerprint density at radius 2 is 2.25 bits per heavy atom. The SMILES string of the molecule is CCC(C)(C)Nc1ncc(C(N)=O)c(C[C@@H]2CCC[C@](C)(O)C2)n1. The van der Waals surface area contributed by atoms with E-state index in [0.29, 0.717) is 29.5 Å². The van der Waals surface area contributed by atoms with Crippen LogP contribution in [-0.4, -0.2) is 32.1 Å². The van der Waals surface area contributed by atoms with Crippen molar-refractivity contribution in [3.8, 4) is 0 Å². The van der Waals surface area contributed by atoms with Crippen molar-refractivity contribution >= 4 is 11.9 Å². The minimum absolute atomic E-state index is 0.125. The summed E-state index contributed by atoms with van der Waals surface area (Å²) in [6, 6.07) is 0. The van der Waals surface area contributed by atoms with Gasteiger partial charge < -0.3 is 16.2 Å². The molecule has 1 aromatic rings. The maximum Gasteiger partial charge on any atom is 0.252 e. The van der Waals surface area contributed by atoms with Crippen LogP contribution in [0.4, 0.5) is 5.95 Å². The fourth-order valence-electron chi connectivity index (χ4n) is 3.28. The minimum Gasteiger partial charge on any atom is -0.390 e. The zero-order valence-corrected chi connectivity index (χ0v) is 15.2. The van der Waals surface area contributed by atoms with Crippen LogP contribution in [0.25, 0.3) is 0 Å². The van der Waals surface area contributed by atoms with Crippen LogP contribution < -0.4 is 11.1 Å². The van der Waals surface area contributed by atoms with Crippen molar-refractivity contribution in [1.82, 2.24) is 9.97 Å². The average Bonchev–Trinajstić information content (AvgIpc) is 2.45. The fraction of sp³-hybridized carbons (Fsp3) is 0.722. The van der Waals surface area contributed by atoms with E-state index in [0.717, 1.165) is 32.1 Å². The van der Waals surface area contributed by atoms with E-state index in [9.17, 15) is 9.90 Å². The number of aliphatic hydroxyl groups is 1. The van der Waals surface area contributed by atoms with Crippen molar-refractivity contribution in [3.63, 3.8) is 0 Å². The van der Waals surface area contributed by atoms with Crippen molar-refractivity contribution in [2.75, 3.05) is 5.32 Å². The molecule has 6 heteroatoms. The molecule has 0 spiro atoms. The molecule has 0 bridgehead atoms. The van der Waals surface area contributed by atoms with Gasteiger partial charge in [0.1, 0.15) is 0 Å². The van der Waals surface area contributed by atoms with Gasteiger partial charge in [0.05, 0.1) is 16.9 Å². The van der Waals surface area contributed by atoms with Crippen LogP contribution >= 0.6 is 0 Å². The highest BCUT2D eigenvalue weighted by molar-refractivity contribution is 5.93. The Hall–Kier alpha value is -1.69. The summed E-state index contributed by atoms with van der Waals surface area (Å²) in [5.74, 6) is 0.312. The first-order valence-corrected chi connectivity index (χ1v) is 8.78. The molecule has 2 atom stereocenters. The summed E-state index contributed by atoms with van der Waals surface area (Å²) in [7, 11) is 0. The molecule has 0 radical (unpaired) electrons. The molecule has 0 unspecified atom stereocenters. The number of rotatable bonds is 6. The van der Waals surface area contributed by atoms with E-state index >= 15 is 0 Å². The number of carbonyl (C=O) groups is 1. The maximum absolute atomic E-state index is 11.7. The van der Waals surface area contributed by atoms with Crippen molar-refractivity contribution in [1.29, 1.82) is 0 Å². The molecule has 1 aromatic heterocycles. The molecule has 1 saturated carbocycles. The summed E-state index contributed by atoms with van der Waals surface area (Å²) in [4.78, 5) is 20.5. The van der Waals surface area contributed by atoms with E-state index in [4.69, 9.17) is 5.73 Å². The highest BCUT2D eigenvalue weighted by Gasteiger charge is 2.31. The van der Waals surface area contributed by atoms with Gasteiger partial charge in [-0.3, -0.25) is 4.79 Å². The molecular weight excluding hydrogens is 304 g/mol. The third-order valence-corrected chi connectivity index (χ3v) is 5.01. The van der Waals surface area contributed by atoms with E-state index < -0.39 is 11.5 Å². The van der Waals surface area contributed by atoms with Crippen LogP contribution in [0.1, 0.15) is 75.9 Å². The predicted molar refractivity (Wildman–Crippen MR) is 94.8 cm³/mol. The smallest absolute Gasteiger partial charge is 0.252 e. The van der Waals surface area contributed by atoms with E-state index in [2.05, 4.69) is 36.1 Å². The van der Waals surface area contributed by atoms with Crippen LogP contribution in [0, 0.1) is 5.92 Å². The summed E-state index contributed by atoms with van der Waals surface area (Å²) in [5.41, 5.74) is 5.78. The maximum atomic E-state index is 11.7. The van der Waals surface area contributed by atoms with Gasteiger partial charge in [-0.15, -0.1) is 0 Å². The number of amides is 1. The molecule has 1 aliphatic rings. The quantitative estimate of drug-likeness (QED) is 0.742. The first kappa shape index (κ1) is 18.6. The van der Waals surface area contributed by atoms with Crippen molar-refractivity contribution < 1.29 is 9.90 Å². The second kappa shape index (κ2) is 7.05. The predicted octanol–water partition coefficient (Wildman–Crippen LogP) is 2.66. The van der Waals surface area contributed by atoms with Crippen molar-refractivity contribution in [3.05, 3.63) is 17.5 Å². The van der Waals surface area contributed by atoms with Gasteiger partial charge in [0, 0.05) is 11.7 Å². The molecule has 4 N–H and O–H groups in total. The molecule has 2 rings (SSSR count). The second-order valence-corrected chi connectivity index (χ2v) is 7.94. The highest BCUT2D eigenvalue weighted by Crippen LogP contribution is 2.34. The van der Waals surface area contributed by atoms with Crippen LogP contribution in [0.2, 0.25) is 0 Å². The number of nitrogens with one attached hydrogen (secondary N) is 1. The van der Waals surface area contributed by atoms with Gasteiger partial charge in [-0.25, -0.2) is 9.97 Å². The normalized spacial score (nSPS) is 24.6. The summed E-state index contributed by atoms with van der Waals surface area (Å²) >= 11 is 0. The molecule has 0 aromatic carbocycles. The number of aromatic nitrogens is 2. The molecule has 6 nitrogen and oxygen atoms in total. The molecule has 134 valence electrons. The lowest BCUT2D eigenvalue weighted by Gasteiger charge is -2.34. The monoisotopic (exact) mass is 334 g/mol.